The number of likely N-dealkylation sites (tertiary alicyclic amines) is 1. The molecule has 0 saturated carbocycles. The summed E-state index contributed by atoms with van der Waals surface area (Å²) < 4.78 is 5.57. The van der Waals surface area contributed by atoms with Crippen molar-refractivity contribution in [2.75, 3.05) is 26.2 Å². The van der Waals surface area contributed by atoms with Crippen molar-refractivity contribution in [1.82, 2.24) is 10.2 Å². The van der Waals surface area contributed by atoms with Crippen LogP contribution in [-0.2, 0) is 9.59 Å². The Bertz CT molecular complexity index is 608. The van der Waals surface area contributed by atoms with Crippen molar-refractivity contribution in [3.8, 4) is 5.75 Å². The molecular weight excluding hydrogens is 320 g/mol. The first-order valence-electron chi connectivity index (χ1n) is 7.43. The average Bonchev–Trinajstić information content (AvgIpc) is 2.90. The molecule has 23 heavy (non-hydrogen) atoms. The number of hydrogen-bond acceptors (Lipinski definition) is 4. The maximum atomic E-state index is 12.3. The van der Waals surface area contributed by atoms with Gasteiger partial charge in [-0.3, -0.25) is 14.9 Å². The van der Waals surface area contributed by atoms with Gasteiger partial charge in [0.2, 0.25) is 0 Å². The summed E-state index contributed by atoms with van der Waals surface area (Å²) in [5.74, 6) is -0.433. The van der Waals surface area contributed by atoms with Crippen molar-refractivity contribution in [1.29, 1.82) is 0 Å². The lowest BCUT2D eigenvalue weighted by molar-refractivity contribution is -0.136. The Morgan fingerprint density at radius 3 is 2.91 bits per heavy atom. The Kier molecular flexibility index (Phi) is 5.49. The maximum Gasteiger partial charge on any atom is 0.317 e. The second kappa shape index (κ2) is 7.19. The van der Waals surface area contributed by atoms with E-state index in [1.807, 2.05) is 13.8 Å². The summed E-state index contributed by atoms with van der Waals surface area (Å²) in [4.78, 5) is 24.6. The van der Waals surface area contributed by atoms with Crippen molar-refractivity contribution in [3.05, 3.63) is 28.8 Å². The van der Waals surface area contributed by atoms with Gasteiger partial charge in [0.25, 0.3) is 5.91 Å². The molecule has 2 rings (SSSR count). The number of benzene rings is 1. The zero-order valence-corrected chi connectivity index (χ0v) is 14.0. The number of carbonyl (C=O) groups excluding carboxylic acids is 1. The van der Waals surface area contributed by atoms with E-state index in [-0.39, 0.29) is 24.6 Å². The van der Waals surface area contributed by atoms with Crippen molar-refractivity contribution < 1.29 is 19.4 Å². The highest BCUT2D eigenvalue weighted by atomic mass is 35.5. The van der Waals surface area contributed by atoms with Gasteiger partial charge >= 0.3 is 5.97 Å². The molecule has 2 N–H and O–H groups in total. The average molecular weight is 341 g/mol. The number of carbonyl (C=O) groups is 2. The van der Waals surface area contributed by atoms with Crippen molar-refractivity contribution in [2.45, 2.75) is 25.8 Å². The summed E-state index contributed by atoms with van der Waals surface area (Å²) in [7, 11) is 0. The predicted molar refractivity (Wildman–Crippen MR) is 86.9 cm³/mol. The third-order valence-corrected chi connectivity index (χ3v) is 4.47. The number of carboxylic acids is 1. The van der Waals surface area contributed by atoms with Gasteiger partial charge in [-0.25, -0.2) is 0 Å². The summed E-state index contributed by atoms with van der Waals surface area (Å²) >= 11 is 6.02. The standard InChI is InChI=1S/C16H21ClN2O4/c1-11-12(17)4-3-5-13(11)23-9-14(20)19-7-6-16(2,10-19)18-8-15(21)22/h3-5,18H,6-10H2,1-2H3,(H,21,22)/t16-/m1/s1. The maximum absolute atomic E-state index is 12.3. The Labute approximate surface area is 140 Å². The molecule has 1 aromatic rings. The van der Waals surface area contributed by atoms with Gasteiger partial charge in [-0.15, -0.1) is 0 Å². The molecule has 1 fully saturated rings. The molecule has 1 atom stereocenters. The molecule has 0 spiro atoms. The van der Waals surface area contributed by atoms with Crippen molar-refractivity contribution in [2.24, 2.45) is 0 Å². The summed E-state index contributed by atoms with van der Waals surface area (Å²) in [5.41, 5.74) is 0.427. The molecule has 1 heterocycles. The molecule has 0 aliphatic carbocycles. The zero-order valence-electron chi connectivity index (χ0n) is 13.3. The van der Waals surface area contributed by atoms with Crippen LogP contribution in [0.3, 0.4) is 0 Å². The van der Waals surface area contributed by atoms with Crippen LogP contribution in [0.25, 0.3) is 0 Å². The highest BCUT2D eigenvalue weighted by molar-refractivity contribution is 6.31. The molecule has 1 aliphatic heterocycles. The van der Waals surface area contributed by atoms with E-state index in [4.69, 9.17) is 21.4 Å². The Morgan fingerprint density at radius 1 is 1.48 bits per heavy atom. The van der Waals surface area contributed by atoms with Crippen molar-refractivity contribution >= 4 is 23.5 Å². The molecule has 6 nitrogen and oxygen atoms in total. The summed E-state index contributed by atoms with van der Waals surface area (Å²) in [6.07, 6.45) is 0.711. The smallest absolute Gasteiger partial charge is 0.317 e. The molecule has 1 saturated heterocycles. The monoisotopic (exact) mass is 340 g/mol. The normalized spacial score (nSPS) is 20.6. The molecule has 1 aromatic carbocycles. The number of rotatable bonds is 6. The Morgan fingerprint density at radius 2 is 2.22 bits per heavy atom. The van der Waals surface area contributed by atoms with Crippen LogP contribution in [0, 0.1) is 6.92 Å². The minimum Gasteiger partial charge on any atom is -0.483 e. The van der Waals surface area contributed by atoms with Gasteiger partial charge in [0.15, 0.2) is 6.61 Å². The van der Waals surface area contributed by atoms with E-state index in [0.717, 1.165) is 5.56 Å². The van der Waals surface area contributed by atoms with Crippen LogP contribution in [0.1, 0.15) is 18.9 Å². The SMILES string of the molecule is Cc1c(Cl)cccc1OCC(=O)N1CC[C@@](C)(NCC(=O)O)C1. The van der Waals surface area contributed by atoms with E-state index >= 15 is 0 Å². The van der Waals surface area contributed by atoms with E-state index in [1.165, 1.54) is 0 Å². The van der Waals surface area contributed by atoms with Gasteiger partial charge in [-0.05, 0) is 32.4 Å². The molecular formula is C16H21ClN2O4. The summed E-state index contributed by atoms with van der Waals surface area (Å²) in [6, 6.07) is 5.32. The third-order valence-electron chi connectivity index (χ3n) is 4.06. The van der Waals surface area contributed by atoms with Crippen LogP contribution in [0.4, 0.5) is 0 Å². The Balaban J connectivity index is 1.87. The lowest BCUT2D eigenvalue weighted by Gasteiger charge is -2.25. The van der Waals surface area contributed by atoms with Gasteiger partial charge in [0, 0.05) is 29.2 Å². The topological polar surface area (TPSA) is 78.9 Å². The Hall–Kier alpha value is -1.79. The highest BCUT2D eigenvalue weighted by Gasteiger charge is 2.36. The quantitative estimate of drug-likeness (QED) is 0.824. The van der Waals surface area contributed by atoms with Gasteiger partial charge in [0.05, 0.1) is 6.54 Å². The van der Waals surface area contributed by atoms with Gasteiger partial charge in [-0.1, -0.05) is 17.7 Å². The van der Waals surface area contributed by atoms with Gasteiger partial charge in [-0.2, -0.15) is 0 Å². The summed E-state index contributed by atoms with van der Waals surface area (Å²) in [6.45, 7) is 4.64. The molecule has 0 aromatic heterocycles. The number of hydrogen-bond donors (Lipinski definition) is 2. The van der Waals surface area contributed by atoms with E-state index < -0.39 is 5.97 Å². The first-order valence-corrected chi connectivity index (χ1v) is 7.81. The van der Waals surface area contributed by atoms with Crippen LogP contribution in [0.5, 0.6) is 5.75 Å². The number of carboxylic acid groups (broad SMARTS) is 1. The molecule has 126 valence electrons. The first-order chi connectivity index (χ1) is 10.8. The number of nitrogens with one attached hydrogen (secondary N) is 1. The number of amides is 1. The minimum absolute atomic E-state index is 0.0593. The molecule has 1 amide bonds. The first kappa shape index (κ1) is 17.6. The largest absolute Gasteiger partial charge is 0.483 e. The van der Waals surface area contributed by atoms with E-state index in [2.05, 4.69) is 5.32 Å². The number of halogens is 1. The van der Waals surface area contributed by atoms with Crippen LogP contribution in [0.15, 0.2) is 18.2 Å². The van der Waals surface area contributed by atoms with Gasteiger partial charge < -0.3 is 14.7 Å². The highest BCUT2D eigenvalue weighted by Crippen LogP contribution is 2.25. The fourth-order valence-electron chi connectivity index (χ4n) is 2.58. The predicted octanol–water partition coefficient (Wildman–Crippen LogP) is 1.69. The van der Waals surface area contributed by atoms with E-state index in [1.54, 1.807) is 23.1 Å². The molecule has 0 unspecified atom stereocenters. The lowest BCUT2D eigenvalue weighted by atomic mass is 10.0. The second-order valence-corrected chi connectivity index (χ2v) is 6.43. The number of aliphatic carboxylic acids is 1. The van der Waals surface area contributed by atoms with Crippen LogP contribution in [0.2, 0.25) is 5.02 Å². The zero-order chi connectivity index (χ0) is 17.0. The van der Waals surface area contributed by atoms with Crippen LogP contribution in [-0.4, -0.2) is 53.7 Å². The molecule has 0 bridgehead atoms. The van der Waals surface area contributed by atoms with E-state index in [0.29, 0.717) is 30.3 Å². The summed E-state index contributed by atoms with van der Waals surface area (Å²) in [5, 5.41) is 12.3. The fourth-order valence-corrected chi connectivity index (χ4v) is 2.75. The number of ether oxygens (including phenoxy) is 1. The molecule has 7 heteroatoms. The van der Waals surface area contributed by atoms with Crippen LogP contribution >= 0.6 is 11.6 Å². The lowest BCUT2D eigenvalue weighted by Crippen LogP contribution is -2.48. The second-order valence-electron chi connectivity index (χ2n) is 6.02. The molecule has 0 radical (unpaired) electrons. The third kappa shape index (κ3) is 4.59. The fraction of sp³-hybridized carbons (Fsp3) is 0.500. The number of nitrogens with zero attached hydrogens (tertiary/aromatic N) is 1. The van der Waals surface area contributed by atoms with Crippen LogP contribution < -0.4 is 10.1 Å². The van der Waals surface area contributed by atoms with Crippen molar-refractivity contribution in [3.63, 3.8) is 0 Å². The minimum atomic E-state index is -0.907. The molecule has 1 aliphatic rings. The van der Waals surface area contributed by atoms with Gasteiger partial charge in [0.1, 0.15) is 5.75 Å². The van der Waals surface area contributed by atoms with E-state index in [9.17, 15) is 9.59 Å².